The summed E-state index contributed by atoms with van der Waals surface area (Å²) in [4.78, 5) is 56.7. The quantitative estimate of drug-likeness (QED) is 0.121. The minimum atomic E-state index is -5.44. The zero-order chi connectivity index (χ0) is 29.3. The number of carbonyl (C=O) groups excluding carboxylic acids is 1. The molecule has 39 heavy (non-hydrogen) atoms. The molecule has 0 spiro atoms. The second-order valence-electron chi connectivity index (χ2n) is 8.50. The molecule has 19 nitrogen and oxygen atoms in total. The number of aromatic amines is 1. The number of aliphatic hydroxyl groups excluding tert-OH is 5. The van der Waals surface area contributed by atoms with Crippen LogP contribution in [-0.2, 0) is 32.2 Å². The van der Waals surface area contributed by atoms with Gasteiger partial charge in [0.25, 0.3) is 5.56 Å². The molecule has 0 saturated carbocycles. The molecule has 2 unspecified atom stereocenters. The lowest BCUT2D eigenvalue weighted by Crippen LogP contribution is -2.58. The molecule has 21 heteroatoms. The van der Waals surface area contributed by atoms with Gasteiger partial charge in [-0.3, -0.25) is 28.2 Å². The third-order valence-electron chi connectivity index (χ3n) is 5.58. The average molecular weight is 603 g/mol. The summed E-state index contributed by atoms with van der Waals surface area (Å²) in [6.07, 6.45) is -10.7. The highest BCUT2D eigenvalue weighted by Gasteiger charge is 2.47. The third kappa shape index (κ3) is 7.49. The van der Waals surface area contributed by atoms with Crippen molar-refractivity contribution in [1.82, 2.24) is 14.9 Å². The Bertz CT molecular complexity index is 1300. The number of ether oxygens (including phenoxy) is 2. The number of carbonyl (C=O) groups is 1. The topological polar surface area (TPSA) is 297 Å². The van der Waals surface area contributed by atoms with Crippen LogP contribution < -0.4 is 16.6 Å². The molecular formula is C18H27N3O16P2. The van der Waals surface area contributed by atoms with E-state index in [2.05, 4.69) is 14.2 Å². The molecule has 1 aromatic rings. The second-order valence-corrected chi connectivity index (χ2v) is 11.7. The van der Waals surface area contributed by atoms with E-state index in [0.717, 1.165) is 23.8 Å². The van der Waals surface area contributed by atoms with Crippen molar-refractivity contribution in [1.29, 1.82) is 0 Å². The fourth-order valence-electron chi connectivity index (χ4n) is 3.78. The molecule has 3 rings (SSSR count). The first kappa shape index (κ1) is 31.3. The molecule has 0 aliphatic carbocycles. The van der Waals surface area contributed by atoms with Crippen LogP contribution in [0.15, 0.2) is 33.4 Å². The lowest BCUT2D eigenvalue weighted by Gasteiger charge is -2.39. The molecule has 2 saturated heterocycles. The van der Waals surface area contributed by atoms with Gasteiger partial charge in [0.2, 0.25) is 5.91 Å². The largest absolute Gasteiger partial charge is 0.487 e. The summed E-state index contributed by atoms with van der Waals surface area (Å²) >= 11 is 0. The molecule has 1 aromatic heterocycles. The fourth-order valence-corrected chi connectivity index (χ4v) is 6.22. The van der Waals surface area contributed by atoms with E-state index in [-0.39, 0.29) is 5.82 Å². The Morgan fingerprint density at radius 3 is 2.36 bits per heavy atom. The van der Waals surface area contributed by atoms with E-state index >= 15 is 0 Å². The molecule has 0 radical (unpaired) electrons. The Balaban J connectivity index is 1.72. The molecule has 2 aliphatic heterocycles. The zero-order valence-electron chi connectivity index (χ0n) is 19.9. The molecular weight excluding hydrogens is 576 g/mol. The first-order valence-electron chi connectivity index (χ1n) is 11.0. The molecule has 10 atom stereocenters. The molecule has 2 fully saturated rings. The van der Waals surface area contributed by atoms with Crippen LogP contribution in [0.2, 0.25) is 0 Å². The Kier molecular flexibility index (Phi) is 9.70. The van der Waals surface area contributed by atoms with Crippen LogP contribution in [0.25, 0.3) is 0 Å². The minimum absolute atomic E-state index is 0.251. The van der Waals surface area contributed by atoms with Crippen molar-refractivity contribution in [2.75, 3.05) is 13.2 Å². The summed E-state index contributed by atoms with van der Waals surface area (Å²) in [5.41, 5.74) is -1.74. The van der Waals surface area contributed by atoms with E-state index in [9.17, 15) is 58.8 Å². The normalized spacial score (nSPS) is 35.1. The molecule has 1 amide bonds. The summed E-state index contributed by atoms with van der Waals surface area (Å²) in [5, 5.41) is 52.1. The van der Waals surface area contributed by atoms with Crippen molar-refractivity contribution in [2.24, 2.45) is 0 Å². The first-order valence-corrected chi connectivity index (χ1v) is 14.2. The average Bonchev–Trinajstić information content (AvgIpc) is 3.10. The number of hydrogen-bond acceptors (Lipinski definition) is 14. The standard InChI is InChI=1S/C18H27N3O16P2/c1-7(23)19-12-10(35-8(4-22)13(25)15(12)27)6-38(30,31)37-39(32,33)34-5-9-14(26)16(28)17(36-9)21-3-2-11(24)20-18(21)29/h2-3,6,8-9,12-17,22,25-28H,4-5H2,1H3,(H,19,23)(H,30,31)(H,32,33)(H,20,24,29)/b10-6-/t8-,9-,12+,13-,14-,15-,16-,17-/m1/s1. The molecule has 0 aromatic carbocycles. The van der Waals surface area contributed by atoms with E-state index < -0.39 is 100 Å². The molecule has 3 heterocycles. The van der Waals surface area contributed by atoms with E-state index in [1.54, 1.807) is 0 Å². The smallest absolute Gasteiger partial charge is 0.479 e. The summed E-state index contributed by atoms with van der Waals surface area (Å²) in [7, 11) is -10.7. The summed E-state index contributed by atoms with van der Waals surface area (Å²) < 4.78 is 45.0. The third-order valence-corrected chi connectivity index (χ3v) is 8.40. The van der Waals surface area contributed by atoms with Crippen molar-refractivity contribution >= 4 is 21.3 Å². The second kappa shape index (κ2) is 12.1. The Hall–Kier alpha value is -2.25. The maximum absolute atomic E-state index is 12.6. The van der Waals surface area contributed by atoms with Gasteiger partial charge >= 0.3 is 21.1 Å². The summed E-state index contributed by atoms with van der Waals surface area (Å²) in [6.45, 7) is -0.837. The van der Waals surface area contributed by atoms with Gasteiger partial charge in [-0.05, 0) is 0 Å². The van der Waals surface area contributed by atoms with Crippen molar-refractivity contribution in [3.8, 4) is 0 Å². The number of hydrogen-bond donors (Lipinski definition) is 9. The van der Waals surface area contributed by atoms with Crippen molar-refractivity contribution in [2.45, 2.75) is 55.8 Å². The van der Waals surface area contributed by atoms with Gasteiger partial charge < -0.3 is 50.1 Å². The number of rotatable bonds is 9. The van der Waals surface area contributed by atoms with Crippen LogP contribution in [-0.4, -0.2) is 107 Å². The number of H-pyrrole nitrogens is 1. The number of amides is 1. The number of aliphatic hydroxyl groups is 5. The maximum atomic E-state index is 12.6. The lowest BCUT2D eigenvalue weighted by atomic mass is 9.96. The van der Waals surface area contributed by atoms with Gasteiger partial charge in [0, 0.05) is 19.2 Å². The van der Waals surface area contributed by atoms with Crippen molar-refractivity contribution in [3.63, 3.8) is 0 Å². The number of nitrogens with zero attached hydrogens (tertiary/aromatic N) is 1. The SMILES string of the molecule is CC(=O)N[C@H]1/C(=C/P(=O)(O)OP(=O)(O)OC[C@H]2O[C@@H](n3ccc(=O)[nH]c3=O)[C@H](O)[C@@H]2O)O[C@H](CO)[C@@H](O)[C@@H]1O. The van der Waals surface area contributed by atoms with Gasteiger partial charge in [0.1, 0.15) is 48.4 Å². The number of nitrogens with one attached hydrogen (secondary N) is 2. The Labute approximate surface area is 218 Å². The van der Waals surface area contributed by atoms with Crippen LogP contribution in [0.4, 0.5) is 0 Å². The van der Waals surface area contributed by atoms with Crippen LogP contribution in [0.1, 0.15) is 13.2 Å². The van der Waals surface area contributed by atoms with E-state index in [1.165, 1.54) is 0 Å². The molecule has 2 aliphatic rings. The molecule has 0 bridgehead atoms. The van der Waals surface area contributed by atoms with Crippen molar-refractivity contribution in [3.05, 3.63) is 44.7 Å². The van der Waals surface area contributed by atoms with Gasteiger partial charge in [0.15, 0.2) is 6.23 Å². The van der Waals surface area contributed by atoms with Crippen LogP contribution in [0.3, 0.4) is 0 Å². The minimum Gasteiger partial charge on any atom is -0.487 e. The van der Waals surface area contributed by atoms with Crippen LogP contribution in [0, 0.1) is 0 Å². The van der Waals surface area contributed by atoms with Gasteiger partial charge in [-0.25, -0.2) is 13.7 Å². The predicted molar refractivity (Wildman–Crippen MR) is 124 cm³/mol. The van der Waals surface area contributed by atoms with Gasteiger partial charge in [-0.2, -0.15) is 0 Å². The summed E-state index contributed by atoms with van der Waals surface area (Å²) in [6, 6.07) is -0.675. The highest BCUT2D eigenvalue weighted by molar-refractivity contribution is 7.66. The monoisotopic (exact) mass is 603 g/mol. The Morgan fingerprint density at radius 2 is 1.77 bits per heavy atom. The Morgan fingerprint density at radius 1 is 1.13 bits per heavy atom. The number of phosphoric ester groups is 1. The number of aromatic nitrogens is 2. The van der Waals surface area contributed by atoms with Gasteiger partial charge in [-0.1, -0.05) is 0 Å². The highest BCUT2D eigenvalue weighted by Crippen LogP contribution is 2.61. The highest BCUT2D eigenvalue weighted by atomic mass is 31.3. The maximum Gasteiger partial charge on any atom is 0.479 e. The van der Waals surface area contributed by atoms with E-state index in [0.29, 0.717) is 0 Å². The fraction of sp³-hybridized carbons (Fsp3) is 0.611. The molecule has 9 N–H and O–H groups in total. The zero-order valence-corrected chi connectivity index (χ0v) is 21.7. The van der Waals surface area contributed by atoms with E-state index in [1.807, 2.05) is 4.98 Å². The van der Waals surface area contributed by atoms with E-state index in [4.69, 9.17) is 9.47 Å². The number of phosphoric acid groups is 1. The first-order chi connectivity index (χ1) is 18.0. The van der Waals surface area contributed by atoms with Gasteiger partial charge in [0.05, 0.1) is 19.0 Å². The van der Waals surface area contributed by atoms with Crippen LogP contribution >= 0.6 is 15.4 Å². The summed E-state index contributed by atoms with van der Waals surface area (Å²) in [5.74, 6) is -1.19. The predicted octanol–water partition coefficient (Wildman–Crippen LogP) is -4.07. The molecule has 220 valence electrons. The van der Waals surface area contributed by atoms with Crippen molar-refractivity contribution < 1.29 is 67.6 Å². The lowest BCUT2D eigenvalue weighted by molar-refractivity contribution is -0.140. The van der Waals surface area contributed by atoms with Crippen LogP contribution in [0.5, 0.6) is 0 Å². The van der Waals surface area contributed by atoms with Gasteiger partial charge in [-0.15, -0.1) is 0 Å².